The fraction of sp³-hybridized carbons (Fsp3) is 0.934. The van der Waals surface area contributed by atoms with Crippen LogP contribution in [0.25, 0.3) is 0 Å². The Balaban J connectivity index is 1.72. The zero-order valence-electron chi connectivity index (χ0n) is 62.4. The lowest BCUT2D eigenvalue weighted by atomic mass is 9.84. The number of unbranched alkanes of at least 4 members (excludes halogenated alkanes) is 35. The fourth-order valence-electron chi connectivity index (χ4n) is 13.4. The summed E-state index contributed by atoms with van der Waals surface area (Å²) in [4.78, 5) is 51.1. The van der Waals surface area contributed by atoms with Gasteiger partial charge in [0.1, 0.15) is 98.7 Å². The van der Waals surface area contributed by atoms with E-state index in [1.165, 1.54) is 161 Å². The van der Waals surface area contributed by atoms with Crippen molar-refractivity contribution >= 4 is 25.7 Å². The Morgan fingerprint density at radius 3 is 1.18 bits per heavy atom. The largest absolute Gasteiger partial charge is 0.472 e. The minimum absolute atomic E-state index is 0.0292. The van der Waals surface area contributed by atoms with Crippen LogP contribution in [0, 0.1) is 5.92 Å². The van der Waals surface area contributed by atoms with Gasteiger partial charge in [-0.3, -0.25) is 23.4 Å². The maximum absolute atomic E-state index is 14.4. The van der Waals surface area contributed by atoms with Crippen LogP contribution in [-0.2, 0) is 61.2 Å². The first-order valence-electron chi connectivity index (χ1n) is 39.9. The van der Waals surface area contributed by atoms with Crippen molar-refractivity contribution in [2.45, 2.75) is 421 Å². The molecule has 2 saturated heterocycles. The van der Waals surface area contributed by atoms with E-state index in [-0.39, 0.29) is 19.3 Å². The van der Waals surface area contributed by atoms with Gasteiger partial charge in [-0.05, 0) is 50.9 Å². The van der Waals surface area contributed by atoms with Crippen LogP contribution in [0.5, 0.6) is 0 Å². The van der Waals surface area contributed by atoms with E-state index in [0.29, 0.717) is 31.6 Å². The van der Waals surface area contributed by atoms with Gasteiger partial charge in [-0.1, -0.05) is 265 Å². The normalized spacial score (nSPS) is 27.5. The third-order valence-electron chi connectivity index (χ3n) is 19.9. The van der Waals surface area contributed by atoms with Gasteiger partial charge in [0.25, 0.3) is 0 Å². The number of phosphoric ester groups is 1. The Morgan fingerprint density at radius 1 is 0.406 bits per heavy atom. The van der Waals surface area contributed by atoms with Crippen LogP contribution in [0.2, 0.25) is 0 Å². The Hall–Kier alpha value is -2.30. The topological polar surface area (TPSA) is 374 Å². The van der Waals surface area contributed by atoms with Gasteiger partial charge in [0, 0.05) is 19.3 Å². The van der Waals surface area contributed by atoms with Gasteiger partial charge in [-0.25, -0.2) is 4.57 Å². The number of aliphatic hydroxyl groups is 10. The Morgan fingerprint density at radius 2 is 0.752 bits per heavy atom. The number of phosphoric acid groups is 1. The molecule has 11 N–H and O–H groups in total. The third-order valence-corrected chi connectivity index (χ3v) is 20.9. The van der Waals surface area contributed by atoms with Gasteiger partial charge in [0.05, 0.1) is 13.2 Å². The Labute approximate surface area is 605 Å². The highest BCUT2D eigenvalue weighted by Crippen LogP contribution is 2.49. The highest BCUT2D eigenvalue weighted by atomic mass is 31.2. The molecule has 2 heterocycles. The second-order valence-corrected chi connectivity index (χ2v) is 30.5. The molecule has 0 bridgehead atoms. The third kappa shape index (κ3) is 39.9. The summed E-state index contributed by atoms with van der Waals surface area (Å²) < 4.78 is 65.2. The summed E-state index contributed by atoms with van der Waals surface area (Å²) in [6.45, 7) is 5.78. The van der Waals surface area contributed by atoms with Crippen molar-refractivity contribution < 1.29 is 117 Å². The van der Waals surface area contributed by atoms with Crippen LogP contribution in [0.4, 0.5) is 0 Å². The lowest BCUT2D eigenvalue weighted by Crippen LogP contribution is -2.69. The van der Waals surface area contributed by atoms with Crippen molar-refractivity contribution in [1.82, 2.24) is 0 Å². The number of esters is 3. The molecule has 0 amide bonds. The van der Waals surface area contributed by atoms with Crippen LogP contribution in [0.1, 0.15) is 317 Å². The van der Waals surface area contributed by atoms with Gasteiger partial charge in [-0.2, -0.15) is 0 Å². The van der Waals surface area contributed by atoms with Crippen molar-refractivity contribution in [2.24, 2.45) is 5.92 Å². The molecule has 2 aliphatic heterocycles. The number of carbonyl (C=O) groups is 3. The predicted molar refractivity (Wildman–Crippen MR) is 384 cm³/mol. The highest BCUT2D eigenvalue weighted by molar-refractivity contribution is 7.47. The first-order valence-corrected chi connectivity index (χ1v) is 41.4. The summed E-state index contributed by atoms with van der Waals surface area (Å²) in [6.07, 6.45) is 15.5. The summed E-state index contributed by atoms with van der Waals surface area (Å²) in [5.41, 5.74) is 0. The molecule has 3 fully saturated rings. The quantitative estimate of drug-likeness (QED) is 0.00886. The molecular formula is C76H141O24P. The summed E-state index contributed by atoms with van der Waals surface area (Å²) in [5, 5.41) is 110. The standard InChI is InChI=1S/C76H141O24P/c1-5-8-11-14-17-19-21-23-25-26-28-29-31-33-39-44-49-60(78)92-53-57(95-62(80)51-46-41-34-32-30-27-24-22-20-18-15-12-9-6-2)54-94-101(90,91)100-74-72(98-75-70(88)65(83)63(81)58(52-77)96-75)68(86)67(85)69(87)73(74)99-76-71(89)66(84)64(82)59(97-76)55-93-61(79)50-45-40-36-35-38-43-48-56(4)47-42-37-16-13-10-7-3/h27,30,56-59,63-77,81-89H,5-26,28-29,31-55H2,1-4H3,(H,90,91)/b30-27-. The van der Waals surface area contributed by atoms with Crippen LogP contribution in [-0.4, -0.2) is 204 Å². The molecule has 1 aliphatic carbocycles. The molecule has 594 valence electrons. The molecular weight excluding hydrogens is 1330 g/mol. The molecule has 3 rings (SSSR count). The Bertz CT molecular complexity index is 2150. The maximum Gasteiger partial charge on any atom is 0.472 e. The molecule has 19 atom stereocenters. The zero-order valence-corrected chi connectivity index (χ0v) is 63.3. The summed E-state index contributed by atoms with van der Waals surface area (Å²) >= 11 is 0. The minimum Gasteiger partial charge on any atom is -0.463 e. The van der Waals surface area contributed by atoms with Crippen LogP contribution < -0.4 is 0 Å². The molecule has 3 aliphatic rings. The molecule has 1 saturated carbocycles. The average molecular weight is 1470 g/mol. The van der Waals surface area contributed by atoms with Crippen molar-refractivity contribution in [2.75, 3.05) is 26.4 Å². The summed E-state index contributed by atoms with van der Waals surface area (Å²) in [5.74, 6) is -1.30. The van der Waals surface area contributed by atoms with Crippen molar-refractivity contribution in [3.05, 3.63) is 12.2 Å². The molecule has 19 unspecified atom stereocenters. The van der Waals surface area contributed by atoms with Gasteiger partial charge >= 0.3 is 25.7 Å². The number of hydrogen-bond donors (Lipinski definition) is 11. The van der Waals surface area contributed by atoms with E-state index in [1.807, 2.05) is 0 Å². The highest BCUT2D eigenvalue weighted by Gasteiger charge is 2.58. The number of aliphatic hydroxyl groups excluding tert-OH is 10. The second kappa shape index (κ2) is 56.9. The summed E-state index contributed by atoms with van der Waals surface area (Å²) in [7, 11) is -5.70. The summed E-state index contributed by atoms with van der Waals surface area (Å²) in [6, 6.07) is 0. The first kappa shape index (κ1) is 92.9. The van der Waals surface area contributed by atoms with Gasteiger partial charge in [0.15, 0.2) is 18.7 Å². The zero-order chi connectivity index (χ0) is 74.1. The molecule has 101 heavy (non-hydrogen) atoms. The predicted octanol–water partition coefficient (Wildman–Crippen LogP) is 11.8. The number of carbonyl (C=O) groups excluding carboxylic acids is 3. The van der Waals surface area contributed by atoms with Crippen LogP contribution in [0.15, 0.2) is 12.2 Å². The molecule has 0 aromatic carbocycles. The maximum atomic E-state index is 14.4. The van der Waals surface area contributed by atoms with E-state index >= 15 is 0 Å². The Kier molecular flexibility index (Phi) is 52.4. The SMILES string of the molecule is CCCCCCCCC/C=C\CCCCCC(=O)OC(COC(=O)CCCCCCCCCCCCCCCCCC)COP(=O)(O)OC1C(OC2OC(CO)C(O)C(O)C2O)C(O)C(O)C(O)C1OC1OC(COC(=O)CCCCCCCCC(C)CCCCCCCC)C(O)C(O)C1O. The van der Waals surface area contributed by atoms with E-state index in [2.05, 4.69) is 39.8 Å². The number of allylic oxidation sites excluding steroid dienone is 2. The fourth-order valence-corrected chi connectivity index (χ4v) is 14.3. The van der Waals surface area contributed by atoms with Crippen molar-refractivity contribution in [3.63, 3.8) is 0 Å². The number of hydrogen-bond acceptors (Lipinski definition) is 23. The van der Waals surface area contributed by atoms with Gasteiger partial charge < -0.3 is 89.1 Å². The van der Waals surface area contributed by atoms with E-state index < -0.39 is 156 Å². The van der Waals surface area contributed by atoms with Gasteiger partial charge in [-0.15, -0.1) is 0 Å². The van der Waals surface area contributed by atoms with Crippen molar-refractivity contribution in [1.29, 1.82) is 0 Å². The minimum atomic E-state index is -5.70. The average Bonchev–Trinajstić information content (AvgIpc) is 0.764. The van der Waals surface area contributed by atoms with Crippen LogP contribution in [0.3, 0.4) is 0 Å². The molecule has 0 spiro atoms. The van der Waals surface area contributed by atoms with Crippen molar-refractivity contribution in [3.8, 4) is 0 Å². The first-order chi connectivity index (χ1) is 48.7. The van der Waals surface area contributed by atoms with Crippen LogP contribution >= 0.6 is 7.82 Å². The molecule has 25 heteroatoms. The van der Waals surface area contributed by atoms with E-state index in [4.69, 9.17) is 42.2 Å². The van der Waals surface area contributed by atoms with E-state index in [0.717, 1.165) is 83.5 Å². The molecule has 0 radical (unpaired) electrons. The molecule has 24 nitrogen and oxygen atoms in total. The second-order valence-electron chi connectivity index (χ2n) is 29.1. The lowest BCUT2D eigenvalue weighted by molar-refractivity contribution is -0.360. The number of rotatable bonds is 62. The molecule has 0 aromatic rings. The van der Waals surface area contributed by atoms with E-state index in [9.17, 15) is 74.9 Å². The smallest absolute Gasteiger partial charge is 0.463 e. The molecule has 0 aromatic heterocycles. The monoisotopic (exact) mass is 1470 g/mol. The van der Waals surface area contributed by atoms with E-state index in [1.54, 1.807) is 0 Å². The lowest BCUT2D eigenvalue weighted by Gasteiger charge is -2.49. The van der Waals surface area contributed by atoms with Gasteiger partial charge in [0.2, 0.25) is 0 Å². The number of ether oxygens (including phenoxy) is 7.